The molecule has 0 unspecified atom stereocenters. The lowest BCUT2D eigenvalue weighted by Crippen LogP contribution is -2.49. The standard InChI is InChI=1S/C11H17NO2S/c1-7-8(2)15-10(12-7)6-11(13)4-9(5-11)14-3/h9,13H,4-6H2,1-3H3. The zero-order chi connectivity index (χ0) is 11.1. The Kier molecular flexibility index (Phi) is 2.83. The highest BCUT2D eigenvalue weighted by atomic mass is 32.1. The third-order valence-electron chi connectivity index (χ3n) is 3.10. The van der Waals surface area contributed by atoms with E-state index in [1.807, 2.05) is 6.92 Å². The van der Waals surface area contributed by atoms with E-state index in [9.17, 15) is 5.11 Å². The largest absolute Gasteiger partial charge is 0.389 e. The zero-order valence-electron chi connectivity index (χ0n) is 9.41. The van der Waals surface area contributed by atoms with Gasteiger partial charge in [-0.15, -0.1) is 11.3 Å². The van der Waals surface area contributed by atoms with Crippen LogP contribution in [0.25, 0.3) is 0 Å². The van der Waals surface area contributed by atoms with Crippen LogP contribution in [0.1, 0.15) is 28.4 Å². The fourth-order valence-corrected chi connectivity index (χ4v) is 3.07. The molecule has 1 aromatic heterocycles. The average Bonchev–Trinajstić information content (AvgIpc) is 2.41. The molecule has 84 valence electrons. The average molecular weight is 227 g/mol. The van der Waals surface area contributed by atoms with Crippen LogP contribution in [-0.4, -0.2) is 28.9 Å². The summed E-state index contributed by atoms with van der Waals surface area (Å²) < 4.78 is 5.17. The first kappa shape index (κ1) is 11.0. The number of nitrogens with zero attached hydrogens (tertiary/aromatic N) is 1. The van der Waals surface area contributed by atoms with E-state index < -0.39 is 5.60 Å². The molecule has 0 bridgehead atoms. The number of ether oxygens (including phenoxy) is 1. The summed E-state index contributed by atoms with van der Waals surface area (Å²) in [6.07, 6.45) is 2.38. The molecule has 0 amide bonds. The fraction of sp³-hybridized carbons (Fsp3) is 0.727. The summed E-state index contributed by atoms with van der Waals surface area (Å²) in [5.41, 5.74) is 0.512. The Balaban J connectivity index is 1.98. The first-order chi connectivity index (χ1) is 7.02. The lowest BCUT2D eigenvalue weighted by Gasteiger charge is -2.42. The van der Waals surface area contributed by atoms with Crippen LogP contribution >= 0.6 is 11.3 Å². The van der Waals surface area contributed by atoms with Crippen LogP contribution in [0.3, 0.4) is 0 Å². The van der Waals surface area contributed by atoms with Gasteiger partial charge >= 0.3 is 0 Å². The highest BCUT2D eigenvalue weighted by molar-refractivity contribution is 7.11. The molecule has 3 nitrogen and oxygen atoms in total. The molecular weight excluding hydrogens is 210 g/mol. The Morgan fingerprint density at radius 1 is 1.53 bits per heavy atom. The van der Waals surface area contributed by atoms with Crippen molar-refractivity contribution in [3.63, 3.8) is 0 Å². The number of thiazole rings is 1. The lowest BCUT2D eigenvalue weighted by molar-refractivity contribution is -0.126. The Labute approximate surface area is 94.1 Å². The van der Waals surface area contributed by atoms with E-state index in [-0.39, 0.29) is 6.10 Å². The predicted molar refractivity (Wildman–Crippen MR) is 60.3 cm³/mol. The summed E-state index contributed by atoms with van der Waals surface area (Å²) in [6, 6.07) is 0. The molecule has 1 heterocycles. The number of hydrogen-bond donors (Lipinski definition) is 1. The van der Waals surface area contributed by atoms with Gasteiger partial charge in [-0.25, -0.2) is 4.98 Å². The maximum absolute atomic E-state index is 10.2. The van der Waals surface area contributed by atoms with Crippen molar-refractivity contribution < 1.29 is 9.84 Å². The highest BCUT2D eigenvalue weighted by Crippen LogP contribution is 2.37. The highest BCUT2D eigenvalue weighted by Gasteiger charge is 2.43. The number of hydrogen-bond acceptors (Lipinski definition) is 4. The second-order valence-corrected chi connectivity index (χ2v) is 5.70. The van der Waals surface area contributed by atoms with Gasteiger partial charge in [0.1, 0.15) is 0 Å². The third kappa shape index (κ3) is 2.22. The van der Waals surface area contributed by atoms with E-state index in [1.54, 1.807) is 18.4 Å². The van der Waals surface area contributed by atoms with Gasteiger partial charge in [0.05, 0.1) is 22.4 Å². The second-order valence-electron chi connectivity index (χ2n) is 4.42. The zero-order valence-corrected chi connectivity index (χ0v) is 10.2. The van der Waals surface area contributed by atoms with Crippen molar-refractivity contribution in [1.82, 2.24) is 4.98 Å². The molecule has 0 saturated heterocycles. The van der Waals surface area contributed by atoms with Crippen LogP contribution in [0.5, 0.6) is 0 Å². The van der Waals surface area contributed by atoms with E-state index in [2.05, 4.69) is 11.9 Å². The molecule has 0 atom stereocenters. The van der Waals surface area contributed by atoms with Crippen LogP contribution < -0.4 is 0 Å². The van der Waals surface area contributed by atoms with Crippen LogP contribution in [0.2, 0.25) is 0 Å². The topological polar surface area (TPSA) is 42.4 Å². The molecule has 0 radical (unpaired) electrons. The van der Waals surface area contributed by atoms with Gasteiger partial charge in [0.15, 0.2) is 0 Å². The summed E-state index contributed by atoms with van der Waals surface area (Å²) >= 11 is 1.69. The van der Waals surface area contributed by atoms with Gasteiger partial charge in [0, 0.05) is 31.2 Å². The van der Waals surface area contributed by atoms with Gasteiger partial charge in [-0.3, -0.25) is 0 Å². The number of methoxy groups -OCH3 is 1. The summed E-state index contributed by atoms with van der Waals surface area (Å²) in [6.45, 7) is 4.08. The van der Waals surface area contributed by atoms with E-state index in [0.29, 0.717) is 6.42 Å². The van der Waals surface area contributed by atoms with Gasteiger partial charge in [-0.2, -0.15) is 0 Å². The van der Waals surface area contributed by atoms with Crippen molar-refractivity contribution in [2.75, 3.05) is 7.11 Å². The van der Waals surface area contributed by atoms with E-state index in [4.69, 9.17) is 4.74 Å². The summed E-state index contributed by atoms with van der Waals surface area (Å²) in [5, 5.41) is 11.2. The molecule has 1 aliphatic rings. The maximum atomic E-state index is 10.2. The van der Waals surface area contributed by atoms with Gasteiger partial charge < -0.3 is 9.84 Å². The number of rotatable bonds is 3. The molecule has 1 aliphatic carbocycles. The van der Waals surface area contributed by atoms with Crippen molar-refractivity contribution >= 4 is 11.3 Å². The van der Waals surface area contributed by atoms with Gasteiger partial charge in [0.2, 0.25) is 0 Å². The molecular formula is C11H17NO2S. The van der Waals surface area contributed by atoms with Crippen molar-refractivity contribution in [1.29, 1.82) is 0 Å². The molecule has 1 aromatic rings. The molecule has 4 heteroatoms. The van der Waals surface area contributed by atoms with Crippen molar-refractivity contribution in [2.45, 2.75) is 44.8 Å². The Morgan fingerprint density at radius 3 is 2.67 bits per heavy atom. The van der Waals surface area contributed by atoms with Crippen molar-refractivity contribution in [3.8, 4) is 0 Å². The van der Waals surface area contributed by atoms with Crippen LogP contribution in [0.4, 0.5) is 0 Å². The summed E-state index contributed by atoms with van der Waals surface area (Å²) in [5.74, 6) is 0. The fourth-order valence-electron chi connectivity index (χ4n) is 2.00. The molecule has 0 aromatic carbocycles. The summed E-state index contributed by atoms with van der Waals surface area (Å²) in [4.78, 5) is 5.69. The molecule has 0 aliphatic heterocycles. The minimum absolute atomic E-state index is 0.233. The van der Waals surface area contributed by atoms with Crippen molar-refractivity contribution in [2.24, 2.45) is 0 Å². The monoisotopic (exact) mass is 227 g/mol. The molecule has 1 saturated carbocycles. The van der Waals surface area contributed by atoms with Gasteiger partial charge in [-0.05, 0) is 13.8 Å². The first-order valence-corrected chi connectivity index (χ1v) is 6.02. The van der Waals surface area contributed by atoms with Crippen LogP contribution in [0, 0.1) is 13.8 Å². The minimum atomic E-state index is -0.572. The minimum Gasteiger partial charge on any atom is -0.389 e. The third-order valence-corrected chi connectivity index (χ3v) is 4.17. The van der Waals surface area contributed by atoms with E-state index in [1.165, 1.54) is 4.88 Å². The predicted octanol–water partition coefficient (Wildman–Crippen LogP) is 1.84. The maximum Gasteiger partial charge on any atom is 0.0959 e. The quantitative estimate of drug-likeness (QED) is 0.856. The molecule has 15 heavy (non-hydrogen) atoms. The molecule has 2 rings (SSSR count). The molecule has 1 fully saturated rings. The lowest BCUT2D eigenvalue weighted by atomic mass is 9.75. The second kappa shape index (κ2) is 3.85. The molecule has 0 spiro atoms. The van der Waals surface area contributed by atoms with Gasteiger partial charge in [0.25, 0.3) is 0 Å². The molecule has 1 N–H and O–H groups in total. The Bertz CT molecular complexity index is 336. The number of aromatic nitrogens is 1. The smallest absolute Gasteiger partial charge is 0.0959 e. The number of aryl methyl sites for hydroxylation is 2. The van der Waals surface area contributed by atoms with Crippen molar-refractivity contribution in [3.05, 3.63) is 15.6 Å². The van der Waals surface area contributed by atoms with Gasteiger partial charge in [-0.1, -0.05) is 0 Å². The SMILES string of the molecule is COC1CC(O)(Cc2nc(C)c(C)s2)C1. The Hall–Kier alpha value is -0.450. The van der Waals surface area contributed by atoms with Crippen LogP contribution in [0.15, 0.2) is 0 Å². The first-order valence-electron chi connectivity index (χ1n) is 5.20. The van der Waals surface area contributed by atoms with E-state index in [0.717, 1.165) is 23.5 Å². The normalized spacial score (nSPS) is 30.3. The summed E-state index contributed by atoms with van der Waals surface area (Å²) in [7, 11) is 1.70. The Morgan fingerprint density at radius 2 is 2.20 bits per heavy atom. The van der Waals surface area contributed by atoms with E-state index >= 15 is 0 Å². The number of aliphatic hydroxyl groups is 1. The van der Waals surface area contributed by atoms with Crippen LogP contribution in [-0.2, 0) is 11.2 Å².